The molecule has 12 heteroatoms. The number of aryl methyl sites for hydroxylation is 6. The Morgan fingerprint density at radius 2 is 1.66 bits per heavy atom. The van der Waals surface area contributed by atoms with Gasteiger partial charge in [-0.1, -0.05) is 65.7 Å². The number of ether oxygens (including phenoxy) is 2. The number of hydrogen-bond acceptors (Lipinski definition) is 5. The zero-order valence-electron chi connectivity index (χ0n) is 33.6. The van der Waals surface area contributed by atoms with Crippen molar-refractivity contribution in [2.24, 2.45) is 14.1 Å². The van der Waals surface area contributed by atoms with Crippen LogP contribution in [0.4, 0.5) is 5.69 Å². The van der Waals surface area contributed by atoms with Gasteiger partial charge in [-0.3, -0.25) is 9.48 Å². The molecule has 8 rings (SSSR count). The van der Waals surface area contributed by atoms with Gasteiger partial charge in [0.25, 0.3) is 5.91 Å². The van der Waals surface area contributed by atoms with E-state index in [9.17, 15) is 9.90 Å². The summed E-state index contributed by atoms with van der Waals surface area (Å²) in [7, 11) is 3.63. The molecule has 0 bridgehead atoms. The number of carboxylic acid groups (broad SMARTS) is 1. The molecule has 1 atom stereocenters. The lowest BCUT2D eigenvalue weighted by Gasteiger charge is -2.35. The average molecular weight is 819 g/mol. The van der Waals surface area contributed by atoms with E-state index in [1.807, 2.05) is 112 Å². The molecule has 0 aliphatic carbocycles. The highest BCUT2D eigenvalue weighted by molar-refractivity contribution is 6.35. The van der Waals surface area contributed by atoms with Gasteiger partial charge in [-0.05, 0) is 100 Å². The van der Waals surface area contributed by atoms with Crippen LogP contribution >= 0.6 is 23.2 Å². The van der Waals surface area contributed by atoms with Crippen LogP contribution in [0.1, 0.15) is 74.0 Å². The first-order valence-electron chi connectivity index (χ1n) is 19.4. The number of benzene rings is 4. The molecule has 10 nitrogen and oxygen atoms in total. The molecule has 298 valence electrons. The number of rotatable bonds is 11. The molecule has 3 aromatic heterocycles. The second kappa shape index (κ2) is 15.2. The smallest absolute Gasteiger partial charge is 0.356 e. The summed E-state index contributed by atoms with van der Waals surface area (Å²) < 4.78 is 18.3. The Morgan fingerprint density at radius 3 is 2.33 bits per heavy atom. The Kier molecular flexibility index (Phi) is 10.3. The fraction of sp³-hybridized carbons (Fsp3) is 0.283. The van der Waals surface area contributed by atoms with Crippen molar-refractivity contribution in [3.63, 3.8) is 0 Å². The SMILES string of the molecule is Cc1cc(OCCCc2c3n(c4c(-c5c(C)nn(C)c5C)c(Cl)ccc24)[C@H](C)CN(c2cccc4c2c(OCc2ccccc2)c(C(=O)O)n4C)C3=O)cc(C)c1Cl. The molecule has 7 aromatic rings. The number of aromatic nitrogens is 4. The van der Waals surface area contributed by atoms with Gasteiger partial charge in [-0.2, -0.15) is 5.10 Å². The lowest BCUT2D eigenvalue weighted by Crippen LogP contribution is -2.42. The third kappa shape index (κ3) is 6.48. The van der Waals surface area contributed by atoms with Crippen LogP contribution in [-0.4, -0.2) is 49.0 Å². The Balaban J connectivity index is 1.28. The van der Waals surface area contributed by atoms with Gasteiger partial charge in [-0.15, -0.1) is 0 Å². The Labute approximate surface area is 347 Å². The molecule has 1 aliphatic rings. The molecular weight excluding hydrogens is 773 g/mol. The van der Waals surface area contributed by atoms with Gasteiger partial charge in [0, 0.05) is 53.9 Å². The van der Waals surface area contributed by atoms with Crippen molar-refractivity contribution in [1.29, 1.82) is 0 Å². The monoisotopic (exact) mass is 817 g/mol. The third-order valence-electron chi connectivity index (χ3n) is 11.4. The highest BCUT2D eigenvalue weighted by atomic mass is 35.5. The summed E-state index contributed by atoms with van der Waals surface area (Å²) in [6, 6.07) is 22.8. The number of aromatic carboxylic acids is 1. The molecule has 1 aliphatic heterocycles. The van der Waals surface area contributed by atoms with Crippen molar-refractivity contribution in [2.45, 2.75) is 60.1 Å². The van der Waals surface area contributed by atoms with Crippen molar-refractivity contribution >= 4 is 62.6 Å². The van der Waals surface area contributed by atoms with E-state index < -0.39 is 5.97 Å². The van der Waals surface area contributed by atoms with E-state index in [2.05, 4.69) is 11.5 Å². The number of fused-ring (bicyclic) bond motifs is 4. The summed E-state index contributed by atoms with van der Waals surface area (Å²) in [6.07, 6.45) is 1.18. The Bertz CT molecular complexity index is 2760. The topological polar surface area (TPSA) is 104 Å². The van der Waals surface area contributed by atoms with Gasteiger partial charge in [0.15, 0.2) is 11.4 Å². The molecule has 0 saturated heterocycles. The summed E-state index contributed by atoms with van der Waals surface area (Å²) in [5.41, 5.74) is 9.98. The fourth-order valence-electron chi connectivity index (χ4n) is 8.70. The van der Waals surface area contributed by atoms with Crippen molar-refractivity contribution in [1.82, 2.24) is 18.9 Å². The summed E-state index contributed by atoms with van der Waals surface area (Å²) >= 11 is 13.6. The van der Waals surface area contributed by atoms with Crippen LogP contribution in [0.3, 0.4) is 0 Å². The Morgan fingerprint density at radius 1 is 0.931 bits per heavy atom. The zero-order valence-corrected chi connectivity index (χ0v) is 35.1. The minimum absolute atomic E-state index is 0.0123. The van der Waals surface area contributed by atoms with Crippen LogP contribution in [-0.2, 0) is 27.1 Å². The average Bonchev–Trinajstić information content (AvgIpc) is 3.78. The van der Waals surface area contributed by atoms with Crippen LogP contribution in [0, 0.1) is 27.7 Å². The van der Waals surface area contributed by atoms with Crippen molar-refractivity contribution in [3.8, 4) is 22.6 Å². The number of anilines is 1. The zero-order chi connectivity index (χ0) is 41.2. The normalized spacial score (nSPS) is 14.1. The predicted molar refractivity (Wildman–Crippen MR) is 230 cm³/mol. The molecule has 0 unspecified atom stereocenters. The highest BCUT2D eigenvalue weighted by Crippen LogP contribution is 2.47. The number of hydrogen-bond donors (Lipinski definition) is 1. The minimum Gasteiger partial charge on any atom is -0.494 e. The molecule has 4 heterocycles. The van der Waals surface area contributed by atoms with Crippen LogP contribution in [0.5, 0.6) is 11.5 Å². The first-order valence-corrected chi connectivity index (χ1v) is 20.1. The van der Waals surface area contributed by atoms with E-state index in [4.69, 9.17) is 37.8 Å². The molecule has 58 heavy (non-hydrogen) atoms. The van der Waals surface area contributed by atoms with Crippen molar-refractivity contribution in [3.05, 3.63) is 128 Å². The lowest BCUT2D eigenvalue weighted by atomic mass is 9.98. The summed E-state index contributed by atoms with van der Waals surface area (Å²) in [6.45, 7) is 10.9. The number of amides is 1. The quantitative estimate of drug-likeness (QED) is 0.130. The van der Waals surface area contributed by atoms with Gasteiger partial charge < -0.3 is 28.6 Å². The summed E-state index contributed by atoms with van der Waals surface area (Å²) in [5, 5.41) is 18.0. The van der Waals surface area contributed by atoms with Crippen LogP contribution in [0.2, 0.25) is 10.0 Å². The predicted octanol–water partition coefficient (Wildman–Crippen LogP) is 10.6. The van der Waals surface area contributed by atoms with Crippen molar-refractivity contribution < 1.29 is 24.2 Å². The third-order valence-corrected chi connectivity index (χ3v) is 12.4. The van der Waals surface area contributed by atoms with E-state index in [1.54, 1.807) is 16.5 Å². The summed E-state index contributed by atoms with van der Waals surface area (Å²) in [5.74, 6) is -0.349. The van der Waals surface area contributed by atoms with Gasteiger partial charge in [0.2, 0.25) is 0 Å². The van der Waals surface area contributed by atoms with Gasteiger partial charge in [-0.25, -0.2) is 4.79 Å². The van der Waals surface area contributed by atoms with Gasteiger partial charge >= 0.3 is 5.97 Å². The van der Waals surface area contributed by atoms with E-state index in [0.717, 1.165) is 66.4 Å². The van der Waals surface area contributed by atoms with E-state index >= 15 is 4.79 Å². The number of halogens is 2. The molecule has 0 spiro atoms. The molecule has 1 N–H and O–H groups in total. The molecule has 0 fully saturated rings. The second-order valence-corrected chi connectivity index (χ2v) is 16.0. The standard InChI is InChI=1S/C46H45Cl2N5O5/c1-25-21-31(22-26(2)40(25)48)57-20-12-15-32-33-18-19-34(47)38(37-28(4)49-51(7)29(37)5)41(33)53-27(3)23-52(45(54)42(32)53)36-17-11-16-35-39(36)44(43(46(55)56)50(35)6)58-24-30-13-9-8-10-14-30/h8-11,13-14,16-19,21-22,27H,12,15,20,23-24H2,1-7H3,(H,55,56)/t27-/m1/s1. The molecule has 1 amide bonds. The maximum atomic E-state index is 15.4. The summed E-state index contributed by atoms with van der Waals surface area (Å²) in [4.78, 5) is 30.0. The fourth-order valence-corrected chi connectivity index (χ4v) is 9.06. The van der Waals surface area contributed by atoms with Crippen LogP contribution < -0.4 is 14.4 Å². The lowest BCUT2D eigenvalue weighted by molar-refractivity contribution is 0.0681. The number of carbonyl (C=O) groups is 2. The van der Waals surface area contributed by atoms with E-state index in [-0.39, 0.29) is 30.0 Å². The van der Waals surface area contributed by atoms with Crippen LogP contribution in [0.15, 0.2) is 72.8 Å². The molecular formula is C46H45Cl2N5O5. The first-order chi connectivity index (χ1) is 27.8. The van der Waals surface area contributed by atoms with E-state index in [1.165, 1.54) is 0 Å². The minimum atomic E-state index is -1.12. The van der Waals surface area contributed by atoms with Gasteiger partial charge in [0.05, 0.1) is 39.4 Å². The number of carbonyl (C=O) groups excluding carboxylic acids is 1. The molecule has 0 saturated carbocycles. The Hall–Kier alpha value is -5.71. The first kappa shape index (κ1) is 39.1. The highest BCUT2D eigenvalue weighted by Gasteiger charge is 2.38. The van der Waals surface area contributed by atoms with Crippen LogP contribution in [0.25, 0.3) is 32.9 Å². The maximum absolute atomic E-state index is 15.4. The maximum Gasteiger partial charge on any atom is 0.356 e. The number of carboxylic acids is 1. The number of nitrogens with zero attached hydrogens (tertiary/aromatic N) is 5. The second-order valence-electron chi connectivity index (χ2n) is 15.3. The van der Waals surface area contributed by atoms with Gasteiger partial charge in [0.1, 0.15) is 18.1 Å². The molecule has 0 radical (unpaired) electrons. The van der Waals surface area contributed by atoms with Crippen molar-refractivity contribution in [2.75, 3.05) is 18.1 Å². The van der Waals surface area contributed by atoms with E-state index in [0.29, 0.717) is 53.3 Å². The molecule has 4 aromatic carbocycles. The largest absolute Gasteiger partial charge is 0.494 e.